The smallest absolute Gasteiger partial charge is 0.276 e. The van der Waals surface area contributed by atoms with Crippen LogP contribution in [0.25, 0.3) is 22.6 Å². The molecule has 0 radical (unpaired) electrons. The van der Waals surface area contributed by atoms with Gasteiger partial charge in [-0.25, -0.2) is 4.98 Å². The van der Waals surface area contributed by atoms with Crippen LogP contribution in [0.15, 0.2) is 12.1 Å². The van der Waals surface area contributed by atoms with Gasteiger partial charge in [-0.1, -0.05) is 50.9 Å². The standard InChI is InChI=1S/C37H60N6O5Si2/c1-26(41-11-13-46-14-12-41)36(44)40(3)28-20-30-34(32(21-28)45-4)38-35(42(30)24-47-15-17-49(5,6)7)33-29-19-27-22-37(27,2)23-31(29)43(39-33)25-48-16-18-50(8,9)10/h20-21,26-27H,11-19,22-25H2,1-10H3/p+1/t26-,27+,37+/m0/s1. The highest BCUT2D eigenvalue weighted by molar-refractivity contribution is 6.76. The molecule has 13 heteroatoms. The number of nitrogens with zero attached hydrogens (tertiary/aromatic N) is 5. The molecule has 0 unspecified atom stereocenters. The van der Waals surface area contributed by atoms with Gasteiger partial charge in [-0.05, 0) is 49.3 Å². The summed E-state index contributed by atoms with van der Waals surface area (Å²) >= 11 is 0. The lowest BCUT2D eigenvalue weighted by Crippen LogP contribution is -2.50. The molecule has 11 nitrogen and oxygen atoms in total. The predicted molar refractivity (Wildman–Crippen MR) is 203 cm³/mol. The molecule has 3 heterocycles. The van der Waals surface area contributed by atoms with Crippen molar-refractivity contribution in [1.29, 1.82) is 0 Å². The summed E-state index contributed by atoms with van der Waals surface area (Å²) in [6.45, 7) is 23.8. The number of carbonyl (C=O) groups excluding carboxylic acids is 1. The van der Waals surface area contributed by atoms with Gasteiger partial charge in [0.15, 0.2) is 5.82 Å². The number of nitrogens with one attached hydrogen (secondary N) is 1. The molecule has 1 amide bonds. The SMILES string of the molecule is COc1cc(N(C)C(=O)[C@H](C)N2CCOCC2)cc2c1nc(-c1[nH][n+](COCC[Si](C)(C)C)c3c1C[C@@H]1C[C@]1(C)C3)n2COCC[Si](C)(C)C. The molecule has 3 aromatic rings. The zero-order valence-electron chi connectivity index (χ0n) is 32.3. The third kappa shape index (κ3) is 8.07. The Morgan fingerprint density at radius 1 is 1.12 bits per heavy atom. The Bertz CT molecular complexity index is 1690. The first-order valence-electron chi connectivity index (χ1n) is 18.6. The molecule has 2 fully saturated rings. The summed E-state index contributed by atoms with van der Waals surface area (Å²) in [4.78, 5) is 23.1. The number of carbonyl (C=O) groups is 1. The molecule has 50 heavy (non-hydrogen) atoms. The number of aromatic amines is 1. The Labute approximate surface area is 300 Å². The minimum absolute atomic E-state index is 0.0343. The number of hydrogen-bond donors (Lipinski definition) is 1. The molecule has 2 aliphatic carbocycles. The molecule has 1 saturated carbocycles. The second-order valence-electron chi connectivity index (χ2n) is 17.6. The lowest BCUT2D eigenvalue weighted by Gasteiger charge is -2.33. The maximum absolute atomic E-state index is 13.8. The monoisotopic (exact) mass is 725 g/mol. The summed E-state index contributed by atoms with van der Waals surface area (Å²) in [5.41, 5.74) is 6.47. The van der Waals surface area contributed by atoms with Crippen LogP contribution in [-0.4, -0.2) is 101 Å². The van der Waals surface area contributed by atoms with Gasteiger partial charge in [0.1, 0.15) is 23.7 Å². The fourth-order valence-electron chi connectivity index (χ4n) is 7.41. The molecule has 3 atom stereocenters. The second kappa shape index (κ2) is 14.5. The van der Waals surface area contributed by atoms with Crippen LogP contribution >= 0.6 is 0 Å². The number of rotatable bonds is 15. The molecule has 1 aromatic carbocycles. The molecule has 1 aliphatic heterocycles. The highest BCUT2D eigenvalue weighted by Gasteiger charge is 2.56. The van der Waals surface area contributed by atoms with Crippen molar-refractivity contribution in [2.45, 2.75) is 104 Å². The fraction of sp³-hybridized carbons (Fsp3) is 0.703. The zero-order valence-corrected chi connectivity index (χ0v) is 34.3. The van der Waals surface area contributed by atoms with Gasteiger partial charge in [-0.2, -0.15) is 5.10 Å². The minimum Gasteiger partial charge on any atom is -0.494 e. The zero-order chi connectivity index (χ0) is 36.0. The Morgan fingerprint density at radius 2 is 1.80 bits per heavy atom. The van der Waals surface area contributed by atoms with Gasteiger partial charge in [-0.15, -0.1) is 0 Å². The average Bonchev–Trinajstić information content (AvgIpc) is 3.43. The Kier molecular flexibility index (Phi) is 10.8. The summed E-state index contributed by atoms with van der Waals surface area (Å²) in [5, 5.41) is 3.77. The maximum atomic E-state index is 13.8. The van der Waals surface area contributed by atoms with Crippen LogP contribution in [0, 0.1) is 11.3 Å². The van der Waals surface area contributed by atoms with E-state index < -0.39 is 16.1 Å². The van der Waals surface area contributed by atoms with Crippen molar-refractivity contribution >= 4 is 38.8 Å². The number of H-pyrrole nitrogens is 1. The molecular weight excluding hydrogens is 665 g/mol. The number of anilines is 1. The van der Waals surface area contributed by atoms with Crippen molar-refractivity contribution in [3.8, 4) is 17.3 Å². The number of hydrogen-bond acceptors (Lipinski definition) is 7. The predicted octanol–water partition coefficient (Wildman–Crippen LogP) is 5.76. The van der Waals surface area contributed by atoms with Crippen molar-refractivity contribution in [1.82, 2.24) is 19.5 Å². The first-order chi connectivity index (χ1) is 23.6. The van der Waals surface area contributed by atoms with E-state index in [1.807, 2.05) is 20.0 Å². The van der Waals surface area contributed by atoms with Gasteiger partial charge in [-0.3, -0.25) is 14.3 Å². The van der Waals surface area contributed by atoms with Crippen LogP contribution < -0.4 is 14.3 Å². The van der Waals surface area contributed by atoms with E-state index in [4.69, 9.17) is 23.9 Å². The number of ether oxygens (including phenoxy) is 4. The summed E-state index contributed by atoms with van der Waals surface area (Å²) in [6.07, 6.45) is 3.32. The molecule has 0 bridgehead atoms. The van der Waals surface area contributed by atoms with Gasteiger partial charge >= 0.3 is 0 Å². The number of benzene rings is 1. The number of fused-ring (bicyclic) bond motifs is 3. The van der Waals surface area contributed by atoms with E-state index in [0.29, 0.717) is 50.4 Å². The topological polar surface area (TPSA) is 98.0 Å². The van der Waals surface area contributed by atoms with Crippen LogP contribution in [-0.2, 0) is 45.3 Å². The lowest BCUT2D eigenvalue weighted by molar-refractivity contribution is -0.787. The maximum Gasteiger partial charge on any atom is 0.276 e. The number of likely N-dealkylation sites (N-methyl/N-ethyl adjacent to an activating group) is 1. The first-order valence-corrected chi connectivity index (χ1v) is 26.0. The minimum atomic E-state index is -1.29. The number of imidazole rings is 1. The number of morpholine rings is 1. The molecule has 0 spiro atoms. The van der Waals surface area contributed by atoms with Crippen LogP contribution in [0.4, 0.5) is 5.69 Å². The Morgan fingerprint density at radius 3 is 2.46 bits per heavy atom. The molecule has 2 aromatic heterocycles. The molecule has 6 rings (SSSR count). The lowest BCUT2D eigenvalue weighted by atomic mass is 9.87. The van der Waals surface area contributed by atoms with Gasteiger partial charge in [0.2, 0.25) is 11.6 Å². The Balaban J connectivity index is 1.40. The number of aromatic nitrogens is 4. The van der Waals surface area contributed by atoms with Crippen molar-refractivity contribution in [2.24, 2.45) is 11.3 Å². The van der Waals surface area contributed by atoms with E-state index in [-0.39, 0.29) is 11.9 Å². The van der Waals surface area contributed by atoms with Crippen molar-refractivity contribution in [3.05, 3.63) is 23.4 Å². The molecular formula is C37H61N6O5Si2+. The highest BCUT2D eigenvalue weighted by atomic mass is 28.3. The summed E-state index contributed by atoms with van der Waals surface area (Å²) in [7, 11) is 1.04. The van der Waals surface area contributed by atoms with Gasteiger partial charge in [0, 0.05) is 61.1 Å². The molecule has 3 aliphatic rings. The third-order valence-electron chi connectivity index (χ3n) is 11.1. The fourth-order valence-corrected chi connectivity index (χ4v) is 8.92. The summed E-state index contributed by atoms with van der Waals surface area (Å²) < 4.78 is 28.7. The number of methoxy groups -OCH3 is 1. The van der Waals surface area contributed by atoms with E-state index in [1.165, 1.54) is 17.7 Å². The molecule has 1 N–H and O–H groups in total. The van der Waals surface area contributed by atoms with Crippen LogP contribution in [0.3, 0.4) is 0 Å². The second-order valence-corrected chi connectivity index (χ2v) is 28.8. The van der Waals surface area contributed by atoms with Crippen molar-refractivity contribution in [3.63, 3.8) is 0 Å². The van der Waals surface area contributed by atoms with E-state index in [2.05, 4.69) is 71.5 Å². The van der Waals surface area contributed by atoms with Crippen LogP contribution in [0.5, 0.6) is 5.75 Å². The normalized spacial score (nSPS) is 21.6. The Hall–Kier alpha value is -2.56. The van der Waals surface area contributed by atoms with Crippen LogP contribution in [0.1, 0.15) is 31.5 Å². The average molecular weight is 726 g/mol. The summed E-state index contributed by atoms with van der Waals surface area (Å²) in [5.74, 6) is 2.19. The van der Waals surface area contributed by atoms with Crippen LogP contribution in [0.2, 0.25) is 51.4 Å². The van der Waals surface area contributed by atoms with Gasteiger partial charge in [0.05, 0.1) is 44.1 Å². The van der Waals surface area contributed by atoms with Gasteiger partial charge in [0.25, 0.3) is 6.73 Å². The summed E-state index contributed by atoms with van der Waals surface area (Å²) in [6, 6.07) is 5.95. The largest absolute Gasteiger partial charge is 0.494 e. The highest BCUT2D eigenvalue weighted by Crippen LogP contribution is 2.59. The van der Waals surface area contributed by atoms with Gasteiger partial charge < -0.3 is 23.8 Å². The number of amides is 1. The third-order valence-corrected chi connectivity index (χ3v) is 14.5. The quantitative estimate of drug-likeness (QED) is 0.121. The van der Waals surface area contributed by atoms with Crippen molar-refractivity contribution < 1.29 is 28.4 Å². The molecule has 276 valence electrons. The first kappa shape index (κ1) is 37.2. The van der Waals surface area contributed by atoms with E-state index in [1.54, 1.807) is 12.0 Å². The van der Waals surface area contributed by atoms with Crippen molar-refractivity contribution in [2.75, 3.05) is 58.6 Å². The molecule has 1 saturated heterocycles. The van der Waals surface area contributed by atoms with E-state index >= 15 is 0 Å². The van der Waals surface area contributed by atoms with E-state index in [0.717, 1.165) is 72.9 Å². The van der Waals surface area contributed by atoms with E-state index in [9.17, 15) is 4.79 Å².